The summed E-state index contributed by atoms with van der Waals surface area (Å²) in [5.41, 5.74) is 5.92. The van der Waals surface area contributed by atoms with Gasteiger partial charge in [-0.1, -0.05) is 12.5 Å². The average Bonchev–Trinajstić information content (AvgIpc) is 2.87. The Balaban J connectivity index is 2.30. The molecule has 2 rings (SSSR count). The van der Waals surface area contributed by atoms with Gasteiger partial charge >= 0.3 is 0 Å². The van der Waals surface area contributed by atoms with Crippen LogP contribution < -0.4 is 5.73 Å². The molecule has 0 aromatic heterocycles. The Morgan fingerprint density at radius 1 is 1.50 bits per heavy atom. The highest BCUT2D eigenvalue weighted by atomic mass is 79.9. The highest BCUT2D eigenvalue weighted by Crippen LogP contribution is 2.31. The van der Waals surface area contributed by atoms with Crippen molar-refractivity contribution in [2.24, 2.45) is 11.7 Å². The van der Waals surface area contributed by atoms with Crippen LogP contribution in [0.15, 0.2) is 22.7 Å². The number of nitrogens with zero attached hydrogens (tertiary/aromatic N) is 1. The van der Waals surface area contributed by atoms with Crippen molar-refractivity contribution in [2.45, 2.75) is 32.2 Å². The van der Waals surface area contributed by atoms with Crippen molar-refractivity contribution in [3.05, 3.63) is 34.1 Å². The number of carbonyl (C=O) groups is 1. The monoisotopic (exact) mass is 342 g/mol. The largest absolute Gasteiger partial charge is 0.335 e. The lowest BCUT2D eigenvalue weighted by molar-refractivity contribution is 0.0646. The maximum atomic E-state index is 14.0. The minimum atomic E-state index is -0.481. The van der Waals surface area contributed by atoms with Gasteiger partial charge in [0.05, 0.1) is 5.56 Å². The molecule has 110 valence electrons. The number of amides is 1. The quantitative estimate of drug-likeness (QED) is 0.913. The van der Waals surface area contributed by atoms with Gasteiger partial charge in [0.15, 0.2) is 0 Å². The van der Waals surface area contributed by atoms with Crippen molar-refractivity contribution in [3.63, 3.8) is 0 Å². The van der Waals surface area contributed by atoms with Crippen molar-refractivity contribution < 1.29 is 9.18 Å². The second-order valence-corrected chi connectivity index (χ2v) is 6.04. The zero-order chi connectivity index (χ0) is 14.7. The van der Waals surface area contributed by atoms with Crippen molar-refractivity contribution in [1.29, 1.82) is 0 Å². The molecule has 1 amide bonds. The summed E-state index contributed by atoms with van der Waals surface area (Å²) in [6, 6.07) is 4.73. The molecule has 1 aliphatic carbocycles. The van der Waals surface area contributed by atoms with Gasteiger partial charge in [0, 0.05) is 17.1 Å². The summed E-state index contributed by atoms with van der Waals surface area (Å²) < 4.78 is 14.5. The summed E-state index contributed by atoms with van der Waals surface area (Å²) in [5, 5.41) is 0. The van der Waals surface area contributed by atoms with Crippen LogP contribution in [0.5, 0.6) is 0 Å². The van der Waals surface area contributed by atoms with E-state index < -0.39 is 5.82 Å². The van der Waals surface area contributed by atoms with E-state index in [4.69, 9.17) is 5.73 Å². The molecule has 1 aromatic carbocycles. The van der Waals surface area contributed by atoms with Gasteiger partial charge in [-0.2, -0.15) is 0 Å². The maximum absolute atomic E-state index is 14.0. The van der Waals surface area contributed by atoms with Crippen molar-refractivity contribution in [3.8, 4) is 0 Å². The van der Waals surface area contributed by atoms with Crippen LogP contribution >= 0.6 is 15.9 Å². The van der Waals surface area contributed by atoms with Crippen LogP contribution in [0.3, 0.4) is 0 Å². The lowest BCUT2D eigenvalue weighted by Gasteiger charge is -2.32. The fraction of sp³-hybridized carbons (Fsp3) is 0.533. The van der Waals surface area contributed by atoms with Crippen LogP contribution in [0.2, 0.25) is 0 Å². The van der Waals surface area contributed by atoms with E-state index in [-0.39, 0.29) is 17.5 Å². The number of halogens is 2. The molecule has 2 N–H and O–H groups in total. The third-order valence-electron chi connectivity index (χ3n) is 4.10. The molecule has 0 heterocycles. The zero-order valence-electron chi connectivity index (χ0n) is 11.6. The van der Waals surface area contributed by atoms with E-state index in [2.05, 4.69) is 15.9 Å². The molecule has 1 aromatic rings. The summed E-state index contributed by atoms with van der Waals surface area (Å²) in [5.74, 6) is -0.405. The molecule has 5 heteroatoms. The summed E-state index contributed by atoms with van der Waals surface area (Å²) >= 11 is 3.27. The molecule has 20 heavy (non-hydrogen) atoms. The third-order valence-corrected chi connectivity index (χ3v) is 4.76. The van der Waals surface area contributed by atoms with E-state index in [1.54, 1.807) is 17.0 Å². The smallest absolute Gasteiger partial charge is 0.258 e. The Morgan fingerprint density at radius 2 is 2.25 bits per heavy atom. The first-order chi connectivity index (χ1) is 9.60. The van der Waals surface area contributed by atoms with E-state index in [1.165, 1.54) is 6.07 Å². The normalized spacial score (nSPS) is 22.0. The van der Waals surface area contributed by atoms with Gasteiger partial charge in [0.1, 0.15) is 5.82 Å². The van der Waals surface area contributed by atoms with E-state index in [1.807, 2.05) is 6.92 Å². The first-order valence-electron chi connectivity index (χ1n) is 7.05. The molecule has 1 fully saturated rings. The molecule has 0 radical (unpaired) electrons. The number of benzene rings is 1. The highest BCUT2D eigenvalue weighted by molar-refractivity contribution is 9.10. The molecule has 0 aliphatic heterocycles. The number of nitrogens with two attached hydrogens (primary N) is 1. The Hall–Kier alpha value is -0.940. The molecule has 2 atom stereocenters. The first-order valence-corrected chi connectivity index (χ1v) is 7.84. The molecule has 0 spiro atoms. The fourth-order valence-corrected chi connectivity index (χ4v) is 3.59. The molecule has 0 bridgehead atoms. The van der Waals surface area contributed by atoms with Gasteiger partial charge < -0.3 is 10.6 Å². The minimum absolute atomic E-state index is 0.122. The minimum Gasteiger partial charge on any atom is -0.335 e. The standard InChI is InChI=1S/C15H20BrFN2O/c1-2-19(13-8-3-5-10(13)9-18)15(20)14-11(16)6-4-7-12(14)17/h4,6-7,10,13H,2-3,5,8-9,18H2,1H3. The van der Waals surface area contributed by atoms with Gasteiger partial charge in [0.25, 0.3) is 5.91 Å². The number of rotatable bonds is 4. The molecule has 1 aliphatic rings. The summed E-state index contributed by atoms with van der Waals surface area (Å²) in [6.07, 6.45) is 3.08. The lowest BCUT2D eigenvalue weighted by Crippen LogP contribution is -2.44. The van der Waals surface area contributed by atoms with Gasteiger partial charge in [-0.3, -0.25) is 4.79 Å². The van der Waals surface area contributed by atoms with E-state index in [9.17, 15) is 9.18 Å². The van der Waals surface area contributed by atoms with Crippen LogP contribution in [0, 0.1) is 11.7 Å². The zero-order valence-corrected chi connectivity index (χ0v) is 13.2. The number of carbonyl (C=O) groups excluding carboxylic acids is 1. The molecule has 2 unspecified atom stereocenters. The highest BCUT2D eigenvalue weighted by Gasteiger charge is 2.34. The predicted octanol–water partition coefficient (Wildman–Crippen LogP) is 3.18. The second kappa shape index (κ2) is 6.68. The van der Waals surface area contributed by atoms with Gasteiger partial charge in [0.2, 0.25) is 0 Å². The Kier molecular flexibility index (Phi) is 5.16. The Labute approximate surface area is 127 Å². The topological polar surface area (TPSA) is 46.3 Å². The predicted molar refractivity (Wildman–Crippen MR) is 81.0 cm³/mol. The van der Waals surface area contributed by atoms with Crippen molar-refractivity contribution in [2.75, 3.05) is 13.1 Å². The maximum Gasteiger partial charge on any atom is 0.258 e. The number of hydrogen-bond donors (Lipinski definition) is 1. The van der Waals surface area contributed by atoms with Gasteiger partial charge in [-0.15, -0.1) is 0 Å². The molecular formula is C15H20BrFN2O. The molecule has 1 saturated carbocycles. The van der Waals surface area contributed by atoms with Gasteiger partial charge in [-0.25, -0.2) is 4.39 Å². The fourth-order valence-electron chi connectivity index (χ4n) is 3.08. The Bertz CT molecular complexity index is 475. The summed E-state index contributed by atoms with van der Waals surface area (Å²) in [7, 11) is 0. The van der Waals surface area contributed by atoms with E-state index in [0.29, 0.717) is 23.5 Å². The van der Waals surface area contributed by atoms with E-state index in [0.717, 1.165) is 19.3 Å². The summed E-state index contributed by atoms with van der Waals surface area (Å²) in [6.45, 7) is 3.08. The second-order valence-electron chi connectivity index (χ2n) is 5.18. The Morgan fingerprint density at radius 3 is 2.85 bits per heavy atom. The number of hydrogen-bond acceptors (Lipinski definition) is 2. The van der Waals surface area contributed by atoms with E-state index >= 15 is 0 Å². The molecule has 0 saturated heterocycles. The van der Waals surface area contributed by atoms with Crippen LogP contribution in [0.25, 0.3) is 0 Å². The van der Waals surface area contributed by atoms with Gasteiger partial charge in [-0.05, 0) is 60.3 Å². The average molecular weight is 343 g/mol. The van der Waals surface area contributed by atoms with Crippen molar-refractivity contribution >= 4 is 21.8 Å². The molecule has 3 nitrogen and oxygen atoms in total. The summed E-state index contributed by atoms with van der Waals surface area (Å²) in [4.78, 5) is 14.5. The lowest BCUT2D eigenvalue weighted by atomic mass is 10.0. The van der Waals surface area contributed by atoms with Crippen LogP contribution in [0.4, 0.5) is 4.39 Å². The van der Waals surface area contributed by atoms with Crippen LogP contribution in [0.1, 0.15) is 36.5 Å². The van der Waals surface area contributed by atoms with Crippen LogP contribution in [-0.2, 0) is 0 Å². The first kappa shape index (κ1) is 15.4. The molecular weight excluding hydrogens is 323 g/mol. The van der Waals surface area contributed by atoms with Crippen molar-refractivity contribution in [1.82, 2.24) is 4.90 Å². The van der Waals surface area contributed by atoms with Crippen LogP contribution in [-0.4, -0.2) is 29.9 Å². The third kappa shape index (κ3) is 2.88. The SMILES string of the molecule is CCN(C(=O)c1c(F)cccc1Br)C1CCCC1CN.